The molecular weight excluding hydrogens is 136 g/mol. The Bertz CT molecular complexity index is 256. The molecule has 0 saturated heterocycles. The molecule has 0 bridgehead atoms. The molecule has 0 aliphatic heterocycles. The first-order chi connectivity index (χ1) is 5.27. The van der Waals surface area contributed by atoms with E-state index in [2.05, 4.69) is 19.9 Å². The Morgan fingerprint density at radius 2 is 2.27 bits per heavy atom. The van der Waals surface area contributed by atoms with Gasteiger partial charge in [-0.05, 0) is 31.6 Å². The van der Waals surface area contributed by atoms with Crippen LogP contribution in [0.15, 0.2) is 16.6 Å². The van der Waals surface area contributed by atoms with E-state index in [4.69, 9.17) is 4.42 Å². The third-order valence-electron chi connectivity index (χ3n) is 1.67. The van der Waals surface area contributed by atoms with E-state index in [9.17, 15) is 0 Å². The van der Waals surface area contributed by atoms with Crippen molar-refractivity contribution in [2.75, 3.05) is 0 Å². The molecule has 1 heteroatoms. The second kappa shape index (κ2) is 3.42. The van der Waals surface area contributed by atoms with Crippen LogP contribution in [-0.4, -0.2) is 0 Å². The van der Waals surface area contributed by atoms with E-state index in [1.807, 2.05) is 19.1 Å². The minimum absolute atomic E-state index is 0.971. The molecule has 0 amide bonds. The number of hydrogen-bond donors (Lipinski definition) is 0. The molecule has 1 aromatic heterocycles. The minimum Gasteiger partial charge on any atom is -0.461 e. The lowest BCUT2D eigenvalue weighted by atomic mass is 10.2. The van der Waals surface area contributed by atoms with Crippen molar-refractivity contribution >= 4 is 6.08 Å². The first-order valence-corrected chi connectivity index (χ1v) is 4.00. The van der Waals surface area contributed by atoms with Crippen LogP contribution in [0.3, 0.4) is 0 Å². The normalized spacial score (nSPS) is 11.2. The molecule has 0 aliphatic carbocycles. The van der Waals surface area contributed by atoms with Crippen LogP contribution in [-0.2, 0) is 6.42 Å². The lowest BCUT2D eigenvalue weighted by molar-refractivity contribution is 0.506. The van der Waals surface area contributed by atoms with Crippen molar-refractivity contribution in [2.24, 2.45) is 0 Å². The number of rotatable bonds is 2. The third-order valence-corrected chi connectivity index (χ3v) is 1.67. The highest BCUT2D eigenvalue weighted by Crippen LogP contribution is 2.16. The van der Waals surface area contributed by atoms with E-state index in [0.29, 0.717) is 0 Å². The van der Waals surface area contributed by atoms with Crippen molar-refractivity contribution in [3.8, 4) is 0 Å². The average molecular weight is 150 g/mol. The van der Waals surface area contributed by atoms with Crippen molar-refractivity contribution in [1.82, 2.24) is 0 Å². The fourth-order valence-corrected chi connectivity index (χ4v) is 1.05. The second-order valence-corrected chi connectivity index (χ2v) is 2.61. The highest BCUT2D eigenvalue weighted by Gasteiger charge is 2.01. The predicted octanol–water partition coefficient (Wildman–Crippen LogP) is 3.18. The SMILES string of the molecule is C/C=C\c1oc(CC)cc1C. The molecule has 0 aliphatic rings. The largest absolute Gasteiger partial charge is 0.461 e. The van der Waals surface area contributed by atoms with Gasteiger partial charge in [0.2, 0.25) is 0 Å². The Morgan fingerprint density at radius 1 is 1.55 bits per heavy atom. The van der Waals surface area contributed by atoms with Crippen molar-refractivity contribution in [3.63, 3.8) is 0 Å². The molecule has 1 aromatic rings. The zero-order valence-corrected chi connectivity index (χ0v) is 7.35. The van der Waals surface area contributed by atoms with Crippen LogP contribution in [0.25, 0.3) is 6.08 Å². The molecule has 1 rings (SSSR count). The number of aryl methyl sites for hydroxylation is 2. The summed E-state index contributed by atoms with van der Waals surface area (Å²) >= 11 is 0. The van der Waals surface area contributed by atoms with Crippen LogP contribution in [0.1, 0.15) is 30.9 Å². The Kier molecular flexibility index (Phi) is 2.53. The summed E-state index contributed by atoms with van der Waals surface area (Å²) in [6.45, 7) is 6.16. The van der Waals surface area contributed by atoms with Crippen molar-refractivity contribution in [3.05, 3.63) is 29.2 Å². The minimum atomic E-state index is 0.971. The summed E-state index contributed by atoms with van der Waals surface area (Å²) in [5, 5.41) is 0. The zero-order chi connectivity index (χ0) is 8.27. The van der Waals surface area contributed by atoms with E-state index < -0.39 is 0 Å². The maximum atomic E-state index is 5.52. The molecule has 0 radical (unpaired) electrons. The third kappa shape index (κ3) is 1.73. The van der Waals surface area contributed by atoms with Gasteiger partial charge in [-0.1, -0.05) is 13.0 Å². The van der Waals surface area contributed by atoms with Gasteiger partial charge in [-0.2, -0.15) is 0 Å². The summed E-state index contributed by atoms with van der Waals surface area (Å²) in [4.78, 5) is 0. The molecule has 0 unspecified atom stereocenters. The monoisotopic (exact) mass is 150 g/mol. The molecule has 0 N–H and O–H groups in total. The van der Waals surface area contributed by atoms with Gasteiger partial charge in [0, 0.05) is 6.42 Å². The van der Waals surface area contributed by atoms with Crippen LogP contribution >= 0.6 is 0 Å². The zero-order valence-electron chi connectivity index (χ0n) is 7.35. The van der Waals surface area contributed by atoms with Gasteiger partial charge < -0.3 is 4.42 Å². The molecule has 0 atom stereocenters. The Balaban J connectivity index is 2.97. The van der Waals surface area contributed by atoms with E-state index in [-0.39, 0.29) is 0 Å². The lowest BCUT2D eigenvalue weighted by Gasteiger charge is -1.86. The Morgan fingerprint density at radius 3 is 2.73 bits per heavy atom. The van der Waals surface area contributed by atoms with E-state index in [1.54, 1.807) is 0 Å². The van der Waals surface area contributed by atoms with Crippen LogP contribution in [0.2, 0.25) is 0 Å². The summed E-state index contributed by atoms with van der Waals surface area (Å²) in [6.07, 6.45) is 4.96. The first-order valence-electron chi connectivity index (χ1n) is 4.00. The molecule has 0 saturated carbocycles. The molecule has 1 heterocycles. The topological polar surface area (TPSA) is 13.1 Å². The van der Waals surface area contributed by atoms with Crippen LogP contribution in [0, 0.1) is 6.92 Å². The first kappa shape index (κ1) is 8.12. The van der Waals surface area contributed by atoms with Gasteiger partial charge in [-0.25, -0.2) is 0 Å². The average Bonchev–Trinajstić information content (AvgIpc) is 2.33. The fourth-order valence-electron chi connectivity index (χ4n) is 1.05. The summed E-state index contributed by atoms with van der Waals surface area (Å²) in [7, 11) is 0. The fraction of sp³-hybridized carbons (Fsp3) is 0.400. The van der Waals surface area contributed by atoms with E-state index >= 15 is 0 Å². The number of hydrogen-bond acceptors (Lipinski definition) is 1. The Hall–Kier alpha value is -0.980. The molecule has 11 heavy (non-hydrogen) atoms. The van der Waals surface area contributed by atoms with Crippen LogP contribution < -0.4 is 0 Å². The van der Waals surface area contributed by atoms with E-state index in [0.717, 1.165) is 17.9 Å². The van der Waals surface area contributed by atoms with Gasteiger partial charge in [0.05, 0.1) is 0 Å². The predicted molar refractivity (Wildman–Crippen MR) is 47.5 cm³/mol. The summed E-state index contributed by atoms with van der Waals surface area (Å²) in [5.41, 5.74) is 1.22. The van der Waals surface area contributed by atoms with Gasteiger partial charge in [-0.15, -0.1) is 0 Å². The number of allylic oxidation sites excluding steroid dienone is 1. The van der Waals surface area contributed by atoms with Gasteiger partial charge >= 0.3 is 0 Å². The van der Waals surface area contributed by atoms with Crippen molar-refractivity contribution < 1.29 is 4.42 Å². The van der Waals surface area contributed by atoms with E-state index in [1.165, 1.54) is 5.56 Å². The molecule has 0 fully saturated rings. The second-order valence-electron chi connectivity index (χ2n) is 2.61. The summed E-state index contributed by atoms with van der Waals surface area (Å²) in [6, 6.07) is 2.09. The summed E-state index contributed by atoms with van der Waals surface area (Å²) in [5.74, 6) is 2.06. The smallest absolute Gasteiger partial charge is 0.129 e. The van der Waals surface area contributed by atoms with Crippen molar-refractivity contribution in [1.29, 1.82) is 0 Å². The highest BCUT2D eigenvalue weighted by molar-refractivity contribution is 5.47. The van der Waals surface area contributed by atoms with Crippen LogP contribution in [0.5, 0.6) is 0 Å². The van der Waals surface area contributed by atoms with Crippen LogP contribution in [0.4, 0.5) is 0 Å². The number of furan rings is 1. The maximum Gasteiger partial charge on any atom is 0.129 e. The Labute approximate surface area is 67.7 Å². The highest BCUT2D eigenvalue weighted by atomic mass is 16.3. The molecule has 0 spiro atoms. The molecule has 0 aromatic carbocycles. The molecule has 1 nitrogen and oxygen atoms in total. The quantitative estimate of drug-likeness (QED) is 0.631. The maximum absolute atomic E-state index is 5.52. The summed E-state index contributed by atoms with van der Waals surface area (Å²) < 4.78 is 5.52. The van der Waals surface area contributed by atoms with Gasteiger partial charge in [0.25, 0.3) is 0 Å². The lowest BCUT2D eigenvalue weighted by Crippen LogP contribution is -1.68. The van der Waals surface area contributed by atoms with Gasteiger partial charge in [-0.3, -0.25) is 0 Å². The van der Waals surface area contributed by atoms with Gasteiger partial charge in [0.15, 0.2) is 0 Å². The molecular formula is C10H14O. The standard InChI is InChI=1S/C10H14O/c1-4-6-10-8(3)7-9(5-2)11-10/h4,6-7H,5H2,1-3H3/b6-4-. The van der Waals surface area contributed by atoms with Crippen molar-refractivity contribution in [2.45, 2.75) is 27.2 Å². The van der Waals surface area contributed by atoms with Gasteiger partial charge in [0.1, 0.15) is 11.5 Å². The molecule has 60 valence electrons.